The van der Waals surface area contributed by atoms with Gasteiger partial charge in [-0.3, -0.25) is 29.4 Å². The average molecular weight is 446 g/mol. The fourth-order valence-electron chi connectivity index (χ4n) is 6.50. The lowest BCUT2D eigenvalue weighted by Crippen LogP contribution is -2.54. The van der Waals surface area contributed by atoms with Crippen LogP contribution in [0.25, 0.3) is 0 Å². The minimum Gasteiger partial charge on any atom is -0.324 e. The monoisotopic (exact) mass is 446 g/mol. The molecule has 4 atom stereocenters. The summed E-state index contributed by atoms with van der Waals surface area (Å²) in [6.07, 6.45) is 1.56. The Kier molecular flexibility index (Phi) is 3.93. The molecule has 3 fully saturated rings. The van der Waals surface area contributed by atoms with Gasteiger partial charge in [-0.15, -0.1) is 0 Å². The molecule has 0 bridgehead atoms. The molecule has 0 radical (unpaired) electrons. The highest BCUT2D eigenvalue weighted by Crippen LogP contribution is 2.60. The van der Waals surface area contributed by atoms with Gasteiger partial charge < -0.3 is 5.32 Å². The molecule has 0 saturated carbocycles. The van der Waals surface area contributed by atoms with Crippen molar-refractivity contribution in [2.45, 2.75) is 38.3 Å². The van der Waals surface area contributed by atoms with Crippen LogP contribution in [-0.2, 0) is 19.9 Å². The van der Waals surface area contributed by atoms with Gasteiger partial charge in [0.05, 0.1) is 22.4 Å². The van der Waals surface area contributed by atoms with E-state index in [2.05, 4.69) is 10.2 Å². The summed E-state index contributed by atoms with van der Waals surface area (Å²) in [5.41, 5.74) is 1.60. The Morgan fingerprint density at radius 2 is 1.88 bits per heavy atom. The predicted molar refractivity (Wildman–Crippen MR) is 119 cm³/mol. The third-order valence-electron chi connectivity index (χ3n) is 7.80. The van der Waals surface area contributed by atoms with E-state index in [9.17, 15) is 24.5 Å². The van der Waals surface area contributed by atoms with E-state index >= 15 is 0 Å². The number of nitro groups is 1. The van der Waals surface area contributed by atoms with Gasteiger partial charge in [-0.2, -0.15) is 0 Å². The van der Waals surface area contributed by atoms with E-state index in [0.717, 1.165) is 28.9 Å². The Hall–Kier alpha value is -3.59. The molecule has 4 aliphatic rings. The summed E-state index contributed by atoms with van der Waals surface area (Å²) in [4.78, 5) is 55.3. The van der Waals surface area contributed by atoms with Crippen LogP contribution in [0.1, 0.15) is 29.5 Å². The van der Waals surface area contributed by atoms with E-state index in [4.69, 9.17) is 0 Å². The van der Waals surface area contributed by atoms with Crippen LogP contribution < -0.4 is 10.2 Å². The number of nitrogens with zero attached hydrogens (tertiary/aromatic N) is 3. The van der Waals surface area contributed by atoms with Gasteiger partial charge in [0.25, 0.3) is 5.69 Å². The lowest BCUT2D eigenvalue weighted by Gasteiger charge is -2.36. The Bertz CT molecular complexity index is 1290. The van der Waals surface area contributed by atoms with Crippen LogP contribution in [0, 0.1) is 35.8 Å². The molecule has 0 aromatic heterocycles. The standard InChI is InChI=1S/C24H22N4O5/c1-12-5-8-16-15(10-12)24(23(31)25-16)20-19(17-4-3-9-26(17)24)21(29)27(22(20)30)14-7-6-13(2)18(11-14)28(32)33/h5-8,10-11,17,19-20H,3-4,9H2,1-2H3,(H,25,31)/t17-,19+,20+,24-/m1/s1. The first-order chi connectivity index (χ1) is 15.8. The number of fused-ring (bicyclic) bond motifs is 7. The molecule has 9 heteroatoms. The highest BCUT2D eigenvalue weighted by atomic mass is 16.6. The maximum atomic E-state index is 13.9. The van der Waals surface area contributed by atoms with E-state index in [0.29, 0.717) is 17.8 Å². The average Bonchev–Trinajstić information content (AvgIpc) is 3.47. The molecule has 3 amide bonds. The number of carbonyl (C=O) groups excluding carboxylic acids is 3. The van der Waals surface area contributed by atoms with Crippen molar-refractivity contribution in [2.75, 3.05) is 16.8 Å². The first-order valence-electron chi connectivity index (χ1n) is 11.1. The Morgan fingerprint density at radius 3 is 2.64 bits per heavy atom. The number of hydrogen-bond acceptors (Lipinski definition) is 6. The Balaban J connectivity index is 1.54. The lowest BCUT2D eigenvalue weighted by molar-refractivity contribution is -0.385. The normalized spacial score (nSPS) is 30.1. The number of rotatable bonds is 2. The summed E-state index contributed by atoms with van der Waals surface area (Å²) in [6, 6.07) is 9.84. The summed E-state index contributed by atoms with van der Waals surface area (Å²) in [7, 11) is 0. The second-order valence-electron chi connectivity index (χ2n) is 9.42. The van der Waals surface area contributed by atoms with Crippen molar-refractivity contribution in [1.29, 1.82) is 0 Å². The summed E-state index contributed by atoms with van der Waals surface area (Å²) in [6.45, 7) is 4.18. The van der Waals surface area contributed by atoms with Gasteiger partial charge in [0.15, 0.2) is 0 Å². The molecule has 9 nitrogen and oxygen atoms in total. The van der Waals surface area contributed by atoms with Crippen LogP contribution >= 0.6 is 0 Å². The number of amides is 3. The zero-order chi connectivity index (χ0) is 23.2. The van der Waals surface area contributed by atoms with E-state index in [1.165, 1.54) is 6.07 Å². The molecule has 1 N–H and O–H groups in total. The third kappa shape index (κ3) is 2.32. The minimum absolute atomic E-state index is 0.151. The first kappa shape index (κ1) is 20.0. The van der Waals surface area contributed by atoms with Crippen LogP contribution in [0.15, 0.2) is 36.4 Å². The van der Waals surface area contributed by atoms with Crippen LogP contribution in [0.5, 0.6) is 0 Å². The fraction of sp³-hybridized carbons (Fsp3) is 0.375. The van der Waals surface area contributed by atoms with Crippen LogP contribution in [0.4, 0.5) is 17.1 Å². The lowest BCUT2D eigenvalue weighted by atomic mass is 9.75. The van der Waals surface area contributed by atoms with Crippen molar-refractivity contribution < 1.29 is 19.3 Å². The molecule has 1 spiro atoms. The zero-order valence-corrected chi connectivity index (χ0v) is 18.2. The Morgan fingerprint density at radius 1 is 1.09 bits per heavy atom. The summed E-state index contributed by atoms with van der Waals surface area (Å²) >= 11 is 0. The molecule has 3 saturated heterocycles. The van der Waals surface area contributed by atoms with Gasteiger partial charge in [-0.05, 0) is 45.4 Å². The van der Waals surface area contributed by atoms with Crippen molar-refractivity contribution in [3.63, 3.8) is 0 Å². The summed E-state index contributed by atoms with van der Waals surface area (Å²) < 4.78 is 0. The van der Waals surface area contributed by atoms with Crippen LogP contribution in [0.3, 0.4) is 0 Å². The molecule has 33 heavy (non-hydrogen) atoms. The molecule has 2 aromatic carbocycles. The molecule has 0 unspecified atom stereocenters. The number of nitro benzene ring substituents is 1. The van der Waals surface area contributed by atoms with Crippen LogP contribution in [-0.4, -0.2) is 40.1 Å². The maximum Gasteiger partial charge on any atom is 0.274 e. The molecule has 2 aromatic rings. The summed E-state index contributed by atoms with van der Waals surface area (Å²) in [5, 5.41) is 14.4. The topological polar surface area (TPSA) is 113 Å². The van der Waals surface area contributed by atoms with Crippen molar-refractivity contribution in [2.24, 2.45) is 11.8 Å². The van der Waals surface area contributed by atoms with E-state index < -0.39 is 28.2 Å². The molecule has 4 heterocycles. The zero-order valence-electron chi connectivity index (χ0n) is 18.2. The van der Waals surface area contributed by atoms with Gasteiger partial charge in [0, 0.05) is 28.9 Å². The largest absolute Gasteiger partial charge is 0.324 e. The minimum atomic E-state index is -1.24. The van der Waals surface area contributed by atoms with Gasteiger partial charge in [-0.1, -0.05) is 23.8 Å². The SMILES string of the molecule is Cc1ccc2c(c1)[C@]1(C(=O)N2)[C@@H]2C(=O)N(c3ccc(C)c([N+](=O)[O-])c3)C(=O)[C@H]2[C@H]2CCCN21. The van der Waals surface area contributed by atoms with E-state index in [1.807, 2.05) is 25.1 Å². The smallest absolute Gasteiger partial charge is 0.274 e. The molecular formula is C24H22N4O5. The van der Waals surface area contributed by atoms with Gasteiger partial charge >= 0.3 is 0 Å². The number of anilines is 2. The molecule has 0 aliphatic carbocycles. The predicted octanol–water partition coefficient (Wildman–Crippen LogP) is 2.64. The van der Waals surface area contributed by atoms with Gasteiger partial charge in [0.1, 0.15) is 5.54 Å². The molecule has 168 valence electrons. The second-order valence-corrected chi connectivity index (χ2v) is 9.42. The quantitative estimate of drug-likeness (QED) is 0.431. The summed E-state index contributed by atoms with van der Waals surface area (Å²) in [5.74, 6) is -2.68. The maximum absolute atomic E-state index is 13.9. The number of aryl methyl sites for hydroxylation is 2. The first-order valence-corrected chi connectivity index (χ1v) is 11.1. The van der Waals surface area contributed by atoms with Crippen LogP contribution in [0.2, 0.25) is 0 Å². The van der Waals surface area contributed by atoms with Gasteiger partial charge in [-0.25, -0.2) is 4.90 Å². The molecule has 4 aliphatic heterocycles. The Labute approximate surface area is 189 Å². The number of benzene rings is 2. The van der Waals surface area contributed by atoms with E-state index in [-0.39, 0.29) is 29.2 Å². The van der Waals surface area contributed by atoms with Gasteiger partial charge in [0.2, 0.25) is 17.7 Å². The third-order valence-corrected chi connectivity index (χ3v) is 7.80. The van der Waals surface area contributed by atoms with Crippen molar-refractivity contribution >= 4 is 34.8 Å². The highest BCUT2D eigenvalue weighted by molar-refractivity contribution is 6.26. The number of nitrogens with one attached hydrogen (secondary N) is 1. The van der Waals surface area contributed by atoms with Crippen molar-refractivity contribution in [1.82, 2.24) is 4.90 Å². The second kappa shape index (κ2) is 6.48. The fourth-order valence-corrected chi connectivity index (χ4v) is 6.50. The number of carbonyl (C=O) groups is 3. The highest BCUT2D eigenvalue weighted by Gasteiger charge is 2.74. The number of hydrogen-bond donors (Lipinski definition) is 1. The van der Waals surface area contributed by atoms with Crippen molar-refractivity contribution in [3.8, 4) is 0 Å². The molecule has 6 rings (SSSR count). The van der Waals surface area contributed by atoms with Crippen molar-refractivity contribution in [3.05, 3.63) is 63.2 Å². The van der Waals surface area contributed by atoms with E-state index in [1.54, 1.807) is 19.1 Å². The number of imide groups is 1. The molecular weight excluding hydrogens is 424 g/mol.